The number of anilines is 1. The van der Waals surface area contributed by atoms with Crippen LogP contribution in [0.4, 0.5) is 18.9 Å². The van der Waals surface area contributed by atoms with Gasteiger partial charge in [-0.2, -0.15) is 13.2 Å². The summed E-state index contributed by atoms with van der Waals surface area (Å²) in [5.74, 6) is 4.47. The van der Waals surface area contributed by atoms with Crippen molar-refractivity contribution < 1.29 is 22.7 Å². The van der Waals surface area contributed by atoms with Gasteiger partial charge in [0.05, 0.1) is 29.5 Å². The number of rotatable bonds is 6. The molecule has 0 aromatic heterocycles. The van der Waals surface area contributed by atoms with Gasteiger partial charge in [-0.15, -0.1) is 0 Å². The summed E-state index contributed by atoms with van der Waals surface area (Å²) in [6.45, 7) is 4.14. The van der Waals surface area contributed by atoms with Gasteiger partial charge in [0.1, 0.15) is 0 Å². The first-order valence-electron chi connectivity index (χ1n) is 6.34. The van der Waals surface area contributed by atoms with Crippen LogP contribution in [0.25, 0.3) is 0 Å². The fourth-order valence-electron chi connectivity index (χ4n) is 1.69. The van der Waals surface area contributed by atoms with Gasteiger partial charge in [-0.3, -0.25) is 10.6 Å². The normalized spacial score (nSPS) is 11.6. The Morgan fingerprint density at radius 2 is 2.05 bits per heavy atom. The summed E-state index contributed by atoms with van der Waals surface area (Å²) < 4.78 is 43.7. The number of nitrogens with two attached hydrogens (primary N) is 1. The molecule has 0 aliphatic rings. The summed E-state index contributed by atoms with van der Waals surface area (Å²) in [6.07, 6.45) is -4.59. The SMILES string of the molecule is CC(C)OCCNC(=O)c1cccc(C(F)(F)F)c1NN. The molecule has 1 aromatic rings. The van der Waals surface area contributed by atoms with Crippen LogP contribution in [-0.2, 0) is 10.9 Å². The molecule has 0 aliphatic carbocycles. The lowest BCUT2D eigenvalue weighted by atomic mass is 10.1. The number of amides is 1. The Balaban J connectivity index is 2.85. The zero-order valence-electron chi connectivity index (χ0n) is 11.8. The first kappa shape index (κ1) is 17.3. The standard InChI is InChI=1S/C13H18F3N3O2/c1-8(2)21-7-6-18-12(20)9-4-3-5-10(11(9)19-17)13(14,15)16/h3-5,8,19H,6-7,17H2,1-2H3,(H,18,20). The zero-order valence-corrected chi connectivity index (χ0v) is 11.8. The Labute approximate surface area is 120 Å². The first-order chi connectivity index (χ1) is 9.77. The quantitative estimate of drug-likeness (QED) is 0.427. The van der Waals surface area contributed by atoms with E-state index >= 15 is 0 Å². The van der Waals surface area contributed by atoms with Gasteiger partial charge in [0.25, 0.3) is 5.91 Å². The minimum Gasteiger partial charge on any atom is -0.377 e. The molecule has 0 atom stereocenters. The smallest absolute Gasteiger partial charge is 0.377 e. The molecule has 0 saturated heterocycles. The predicted molar refractivity (Wildman–Crippen MR) is 72.7 cm³/mol. The van der Waals surface area contributed by atoms with E-state index in [0.29, 0.717) is 0 Å². The number of carbonyl (C=O) groups excluding carboxylic acids is 1. The van der Waals surface area contributed by atoms with Gasteiger partial charge >= 0.3 is 6.18 Å². The van der Waals surface area contributed by atoms with Gasteiger partial charge < -0.3 is 15.5 Å². The van der Waals surface area contributed by atoms with Crippen molar-refractivity contribution in [2.45, 2.75) is 26.1 Å². The average molecular weight is 305 g/mol. The van der Waals surface area contributed by atoms with Crippen LogP contribution in [0.15, 0.2) is 18.2 Å². The van der Waals surface area contributed by atoms with Crippen molar-refractivity contribution >= 4 is 11.6 Å². The molecule has 1 aromatic carbocycles. The fraction of sp³-hybridized carbons (Fsp3) is 0.462. The van der Waals surface area contributed by atoms with Gasteiger partial charge in [0.2, 0.25) is 0 Å². The van der Waals surface area contributed by atoms with Gasteiger partial charge in [-0.05, 0) is 26.0 Å². The van der Waals surface area contributed by atoms with Gasteiger partial charge in [0, 0.05) is 6.54 Å². The molecule has 8 heteroatoms. The maximum atomic E-state index is 12.8. The first-order valence-corrected chi connectivity index (χ1v) is 6.34. The van der Waals surface area contributed by atoms with E-state index in [1.807, 2.05) is 19.3 Å². The Morgan fingerprint density at radius 1 is 1.38 bits per heavy atom. The van der Waals surface area contributed by atoms with E-state index in [2.05, 4.69) is 5.32 Å². The van der Waals surface area contributed by atoms with E-state index in [1.54, 1.807) is 0 Å². The number of nitrogens with one attached hydrogen (secondary N) is 2. The van der Waals surface area contributed by atoms with Crippen molar-refractivity contribution in [3.8, 4) is 0 Å². The molecule has 4 N–H and O–H groups in total. The molecule has 0 fully saturated rings. The third-order valence-corrected chi connectivity index (χ3v) is 2.60. The Bertz CT molecular complexity index is 490. The number of hydrogen-bond donors (Lipinski definition) is 3. The Kier molecular flexibility index (Phi) is 5.98. The third-order valence-electron chi connectivity index (χ3n) is 2.60. The monoisotopic (exact) mass is 305 g/mol. The maximum Gasteiger partial charge on any atom is 0.418 e. The highest BCUT2D eigenvalue weighted by atomic mass is 19.4. The summed E-state index contributed by atoms with van der Waals surface area (Å²) in [5.41, 5.74) is 0.337. The highest BCUT2D eigenvalue weighted by molar-refractivity contribution is 6.00. The van der Waals surface area contributed by atoms with E-state index in [4.69, 9.17) is 10.6 Å². The Morgan fingerprint density at radius 3 is 2.57 bits per heavy atom. The van der Waals surface area contributed by atoms with Gasteiger partial charge in [-0.1, -0.05) is 6.07 Å². The number of ether oxygens (including phenoxy) is 1. The van der Waals surface area contributed by atoms with E-state index in [9.17, 15) is 18.0 Å². The number of alkyl halides is 3. The van der Waals surface area contributed by atoms with Crippen LogP contribution < -0.4 is 16.6 Å². The van der Waals surface area contributed by atoms with Crippen molar-refractivity contribution in [2.75, 3.05) is 18.6 Å². The topological polar surface area (TPSA) is 76.4 Å². The summed E-state index contributed by atoms with van der Waals surface area (Å²) >= 11 is 0. The third kappa shape index (κ3) is 4.91. The number of nitrogen functional groups attached to an aromatic ring is 1. The summed E-state index contributed by atoms with van der Waals surface area (Å²) in [5, 5.41) is 2.48. The van der Waals surface area contributed by atoms with Crippen molar-refractivity contribution in [3.05, 3.63) is 29.3 Å². The summed E-state index contributed by atoms with van der Waals surface area (Å²) in [7, 11) is 0. The number of hydrazine groups is 1. The molecule has 0 bridgehead atoms. The zero-order chi connectivity index (χ0) is 16.0. The van der Waals surface area contributed by atoms with Crippen molar-refractivity contribution in [1.29, 1.82) is 0 Å². The second-order valence-electron chi connectivity index (χ2n) is 4.55. The van der Waals surface area contributed by atoms with Crippen molar-refractivity contribution in [3.63, 3.8) is 0 Å². The lowest BCUT2D eigenvalue weighted by Gasteiger charge is -2.16. The largest absolute Gasteiger partial charge is 0.418 e. The highest BCUT2D eigenvalue weighted by Crippen LogP contribution is 2.36. The summed E-state index contributed by atoms with van der Waals surface area (Å²) in [6, 6.07) is 3.28. The minimum absolute atomic E-state index is 0.0109. The van der Waals surface area contributed by atoms with Gasteiger partial charge in [0.15, 0.2) is 0 Å². The molecule has 0 heterocycles. The molecule has 0 spiro atoms. The van der Waals surface area contributed by atoms with Crippen LogP contribution in [0.3, 0.4) is 0 Å². The number of para-hydroxylation sites is 1. The van der Waals surface area contributed by atoms with Crippen LogP contribution in [0.1, 0.15) is 29.8 Å². The number of carbonyl (C=O) groups is 1. The van der Waals surface area contributed by atoms with E-state index in [1.165, 1.54) is 6.07 Å². The fourth-order valence-corrected chi connectivity index (χ4v) is 1.69. The van der Waals surface area contributed by atoms with Crippen LogP contribution in [0, 0.1) is 0 Å². The predicted octanol–water partition coefficient (Wildman–Crippen LogP) is 2.15. The van der Waals surface area contributed by atoms with Gasteiger partial charge in [-0.25, -0.2) is 0 Å². The van der Waals surface area contributed by atoms with Crippen LogP contribution in [0.2, 0.25) is 0 Å². The molecule has 1 rings (SSSR count). The average Bonchev–Trinajstić information content (AvgIpc) is 2.41. The second kappa shape index (κ2) is 7.28. The second-order valence-corrected chi connectivity index (χ2v) is 4.55. The molecule has 0 radical (unpaired) electrons. The lowest BCUT2D eigenvalue weighted by molar-refractivity contribution is -0.137. The number of hydrogen-bond acceptors (Lipinski definition) is 4. The number of benzene rings is 1. The van der Waals surface area contributed by atoms with Crippen molar-refractivity contribution in [1.82, 2.24) is 5.32 Å². The molecule has 5 nitrogen and oxygen atoms in total. The number of halogens is 3. The molecule has 0 saturated carbocycles. The molecule has 118 valence electrons. The molecule has 0 aliphatic heterocycles. The molecular weight excluding hydrogens is 287 g/mol. The molecule has 21 heavy (non-hydrogen) atoms. The lowest BCUT2D eigenvalue weighted by Crippen LogP contribution is -2.30. The van der Waals surface area contributed by atoms with Crippen LogP contribution in [0.5, 0.6) is 0 Å². The highest BCUT2D eigenvalue weighted by Gasteiger charge is 2.35. The molecular formula is C13H18F3N3O2. The summed E-state index contributed by atoms with van der Waals surface area (Å²) in [4.78, 5) is 11.9. The van der Waals surface area contributed by atoms with Crippen molar-refractivity contribution in [2.24, 2.45) is 5.84 Å². The van der Waals surface area contributed by atoms with E-state index < -0.39 is 23.3 Å². The van der Waals surface area contributed by atoms with E-state index in [-0.39, 0.29) is 24.8 Å². The van der Waals surface area contributed by atoms with Crippen LogP contribution in [-0.4, -0.2) is 25.2 Å². The Hall–Kier alpha value is -1.80. The van der Waals surface area contributed by atoms with E-state index in [0.717, 1.165) is 12.1 Å². The minimum atomic E-state index is -4.60. The molecule has 1 amide bonds. The van der Waals surface area contributed by atoms with Crippen LogP contribution >= 0.6 is 0 Å². The molecule has 0 unspecified atom stereocenters. The maximum absolute atomic E-state index is 12.8.